The highest BCUT2D eigenvalue weighted by molar-refractivity contribution is 6.30. The van der Waals surface area contributed by atoms with E-state index in [2.05, 4.69) is 20.6 Å². The predicted molar refractivity (Wildman–Crippen MR) is 80.0 cm³/mol. The largest absolute Gasteiger partial charge is 0.370 e. The van der Waals surface area contributed by atoms with Crippen LogP contribution in [0.4, 0.5) is 5.82 Å². The molecule has 5 nitrogen and oxygen atoms in total. The average molecular weight is 297 g/mol. The minimum absolute atomic E-state index is 0.141. The number of carbonyl (C=O) groups is 1. The van der Waals surface area contributed by atoms with Crippen LogP contribution in [0.5, 0.6) is 0 Å². The fourth-order valence-corrected chi connectivity index (χ4v) is 2.35. The van der Waals surface area contributed by atoms with Crippen LogP contribution in [0.25, 0.3) is 0 Å². The van der Waals surface area contributed by atoms with Gasteiger partial charge in [-0.2, -0.15) is 0 Å². The third-order valence-electron chi connectivity index (χ3n) is 3.24. The quantitative estimate of drug-likeness (QED) is 0.599. The lowest BCUT2D eigenvalue weighted by atomic mass is 10.2. The van der Waals surface area contributed by atoms with Crippen LogP contribution in [0, 0.1) is 6.92 Å². The van der Waals surface area contributed by atoms with Crippen LogP contribution in [0.15, 0.2) is 0 Å². The van der Waals surface area contributed by atoms with Crippen LogP contribution in [-0.2, 0) is 11.2 Å². The molecule has 2 rings (SSSR count). The number of anilines is 1. The lowest BCUT2D eigenvalue weighted by Crippen LogP contribution is -2.25. The number of nitrogens with one attached hydrogen (secondary N) is 2. The smallest absolute Gasteiger partial charge is 0.220 e. The highest BCUT2D eigenvalue weighted by atomic mass is 35.5. The van der Waals surface area contributed by atoms with Crippen molar-refractivity contribution in [1.82, 2.24) is 15.3 Å². The van der Waals surface area contributed by atoms with E-state index in [0.717, 1.165) is 37.1 Å². The molecule has 0 saturated heterocycles. The summed E-state index contributed by atoms with van der Waals surface area (Å²) in [5.41, 5.74) is 0.930. The van der Waals surface area contributed by atoms with Crippen molar-refractivity contribution in [3.05, 3.63) is 16.5 Å². The first kappa shape index (κ1) is 15.0. The first-order chi connectivity index (χ1) is 9.60. The normalized spacial score (nSPS) is 14.2. The Balaban J connectivity index is 1.79. The standard InChI is InChI=1S/C14H21ClN4O/c1-3-11-13(15)17-9(2)18-14(11)16-8-4-5-12(20)19-10-6-7-10/h10H,3-8H2,1-2H3,(H,19,20)(H,16,17,18). The minimum Gasteiger partial charge on any atom is -0.370 e. The van der Waals surface area contributed by atoms with Crippen molar-refractivity contribution < 1.29 is 4.79 Å². The fourth-order valence-electron chi connectivity index (χ4n) is 2.00. The zero-order valence-corrected chi connectivity index (χ0v) is 12.8. The Labute approximate surface area is 124 Å². The topological polar surface area (TPSA) is 66.9 Å². The Morgan fingerprint density at radius 3 is 2.80 bits per heavy atom. The van der Waals surface area contributed by atoms with Gasteiger partial charge in [-0.3, -0.25) is 4.79 Å². The molecule has 6 heteroatoms. The minimum atomic E-state index is 0.141. The van der Waals surface area contributed by atoms with E-state index in [1.54, 1.807) is 0 Å². The van der Waals surface area contributed by atoms with Gasteiger partial charge in [0.15, 0.2) is 0 Å². The molecular formula is C14H21ClN4O. The first-order valence-corrected chi connectivity index (χ1v) is 7.54. The van der Waals surface area contributed by atoms with E-state index in [1.165, 1.54) is 0 Å². The molecule has 1 aliphatic carbocycles. The Morgan fingerprint density at radius 2 is 2.15 bits per heavy atom. The molecule has 0 aromatic carbocycles. The second-order valence-corrected chi connectivity index (χ2v) is 5.47. The Kier molecular flexibility index (Phi) is 5.17. The van der Waals surface area contributed by atoms with E-state index in [0.29, 0.717) is 30.0 Å². The molecule has 0 spiro atoms. The molecular weight excluding hydrogens is 276 g/mol. The van der Waals surface area contributed by atoms with Gasteiger partial charge in [-0.05, 0) is 32.6 Å². The van der Waals surface area contributed by atoms with E-state index in [1.807, 2.05) is 13.8 Å². The van der Waals surface area contributed by atoms with Crippen LogP contribution in [0.3, 0.4) is 0 Å². The third kappa shape index (κ3) is 4.34. The van der Waals surface area contributed by atoms with Crippen molar-refractivity contribution in [1.29, 1.82) is 0 Å². The number of amides is 1. The monoisotopic (exact) mass is 296 g/mol. The average Bonchev–Trinajstić information content (AvgIpc) is 3.18. The van der Waals surface area contributed by atoms with Crippen LogP contribution in [0.1, 0.15) is 44.0 Å². The van der Waals surface area contributed by atoms with Gasteiger partial charge >= 0.3 is 0 Å². The third-order valence-corrected chi connectivity index (χ3v) is 3.55. The van der Waals surface area contributed by atoms with Gasteiger partial charge in [-0.25, -0.2) is 9.97 Å². The van der Waals surface area contributed by atoms with E-state index in [4.69, 9.17) is 11.6 Å². The maximum absolute atomic E-state index is 11.6. The Bertz CT molecular complexity index is 488. The number of rotatable bonds is 7. The molecule has 0 unspecified atom stereocenters. The van der Waals surface area contributed by atoms with Crippen LogP contribution < -0.4 is 10.6 Å². The molecule has 1 aromatic heterocycles. The molecule has 1 saturated carbocycles. The molecule has 0 bridgehead atoms. The SMILES string of the molecule is CCc1c(Cl)nc(C)nc1NCCCC(=O)NC1CC1. The highest BCUT2D eigenvalue weighted by Gasteiger charge is 2.22. The van der Waals surface area contributed by atoms with Gasteiger partial charge in [-0.15, -0.1) is 0 Å². The van der Waals surface area contributed by atoms with Gasteiger partial charge in [0, 0.05) is 24.6 Å². The van der Waals surface area contributed by atoms with E-state index in [-0.39, 0.29) is 5.91 Å². The summed E-state index contributed by atoms with van der Waals surface area (Å²) in [5.74, 6) is 1.58. The fraction of sp³-hybridized carbons (Fsp3) is 0.643. The molecule has 20 heavy (non-hydrogen) atoms. The van der Waals surface area contributed by atoms with Crippen molar-refractivity contribution in [2.24, 2.45) is 0 Å². The van der Waals surface area contributed by atoms with Crippen LogP contribution >= 0.6 is 11.6 Å². The van der Waals surface area contributed by atoms with Crippen molar-refractivity contribution in [3.8, 4) is 0 Å². The van der Waals surface area contributed by atoms with Crippen molar-refractivity contribution in [3.63, 3.8) is 0 Å². The number of carbonyl (C=O) groups excluding carboxylic acids is 1. The zero-order valence-electron chi connectivity index (χ0n) is 12.0. The second-order valence-electron chi connectivity index (χ2n) is 5.11. The summed E-state index contributed by atoms with van der Waals surface area (Å²) in [7, 11) is 0. The number of aryl methyl sites for hydroxylation is 1. The van der Waals surface area contributed by atoms with Gasteiger partial charge in [0.1, 0.15) is 16.8 Å². The number of halogens is 1. The van der Waals surface area contributed by atoms with Gasteiger partial charge in [0.05, 0.1) is 0 Å². The van der Waals surface area contributed by atoms with Crippen molar-refractivity contribution in [2.45, 2.75) is 52.0 Å². The van der Waals surface area contributed by atoms with E-state index in [9.17, 15) is 4.79 Å². The van der Waals surface area contributed by atoms with Crippen molar-refractivity contribution in [2.75, 3.05) is 11.9 Å². The maximum atomic E-state index is 11.6. The maximum Gasteiger partial charge on any atom is 0.220 e. The summed E-state index contributed by atoms with van der Waals surface area (Å²) in [6.45, 7) is 4.55. The molecule has 0 aliphatic heterocycles. The summed E-state index contributed by atoms with van der Waals surface area (Å²) in [6, 6.07) is 0.436. The lowest BCUT2D eigenvalue weighted by molar-refractivity contribution is -0.121. The van der Waals surface area contributed by atoms with E-state index >= 15 is 0 Å². The lowest BCUT2D eigenvalue weighted by Gasteiger charge is -2.11. The molecule has 1 aliphatic rings. The molecule has 1 heterocycles. The Morgan fingerprint density at radius 1 is 1.40 bits per heavy atom. The molecule has 0 atom stereocenters. The Hall–Kier alpha value is -1.36. The summed E-state index contributed by atoms with van der Waals surface area (Å²) >= 11 is 6.11. The molecule has 2 N–H and O–H groups in total. The van der Waals surface area contributed by atoms with Gasteiger partial charge in [0.2, 0.25) is 5.91 Å². The number of nitrogens with zero attached hydrogens (tertiary/aromatic N) is 2. The second kappa shape index (κ2) is 6.88. The number of hydrogen-bond acceptors (Lipinski definition) is 4. The zero-order chi connectivity index (χ0) is 14.5. The van der Waals surface area contributed by atoms with Gasteiger partial charge in [0.25, 0.3) is 0 Å². The first-order valence-electron chi connectivity index (χ1n) is 7.16. The van der Waals surface area contributed by atoms with Crippen molar-refractivity contribution >= 4 is 23.3 Å². The van der Waals surface area contributed by atoms with Crippen LogP contribution in [-0.4, -0.2) is 28.5 Å². The molecule has 0 radical (unpaired) electrons. The summed E-state index contributed by atoms with van der Waals surface area (Å²) in [5, 5.41) is 6.74. The summed E-state index contributed by atoms with van der Waals surface area (Å²) < 4.78 is 0. The highest BCUT2D eigenvalue weighted by Crippen LogP contribution is 2.21. The number of aromatic nitrogens is 2. The molecule has 1 aromatic rings. The number of hydrogen-bond donors (Lipinski definition) is 2. The summed E-state index contributed by atoms with van der Waals surface area (Å²) in [4.78, 5) is 20.1. The molecule has 110 valence electrons. The van der Waals surface area contributed by atoms with Crippen LogP contribution in [0.2, 0.25) is 5.15 Å². The molecule has 1 amide bonds. The predicted octanol–water partition coefficient (Wildman–Crippen LogP) is 2.47. The van der Waals surface area contributed by atoms with Gasteiger partial charge < -0.3 is 10.6 Å². The van der Waals surface area contributed by atoms with E-state index < -0.39 is 0 Å². The summed E-state index contributed by atoms with van der Waals surface area (Å²) in [6.07, 6.45) is 4.36. The molecule has 1 fully saturated rings. The van der Waals surface area contributed by atoms with Gasteiger partial charge in [-0.1, -0.05) is 18.5 Å².